The van der Waals surface area contributed by atoms with Crippen molar-refractivity contribution in [1.82, 2.24) is 10.6 Å². The van der Waals surface area contributed by atoms with E-state index in [-0.39, 0.29) is 5.11 Å². The Morgan fingerprint density at radius 2 is 2.47 bits per heavy atom. The summed E-state index contributed by atoms with van der Waals surface area (Å²) in [6.45, 7) is 2.68. The molecule has 0 saturated carbocycles. The van der Waals surface area contributed by atoms with Crippen LogP contribution in [0.4, 0.5) is 4.79 Å². The molecule has 82 valence electrons. The minimum absolute atomic E-state index is 0.279. The number of rotatable bonds is 3. The molecule has 0 spiro atoms. The maximum atomic E-state index is 11.0. The molecular weight excluding hydrogens is 232 g/mol. The highest BCUT2D eigenvalue weighted by Gasteiger charge is 2.03. The van der Waals surface area contributed by atoms with E-state index in [1.807, 2.05) is 17.5 Å². The molecule has 0 atom stereocenters. The molecule has 0 radical (unpaired) electrons. The lowest BCUT2D eigenvalue weighted by molar-refractivity contribution is 0.157. The maximum absolute atomic E-state index is 11.0. The Hall–Kier alpha value is -1.14. The van der Waals surface area contributed by atoms with Crippen molar-refractivity contribution in [1.29, 1.82) is 0 Å². The fourth-order valence-corrected chi connectivity index (χ4v) is 1.68. The van der Waals surface area contributed by atoms with E-state index in [0.717, 1.165) is 4.88 Å². The van der Waals surface area contributed by atoms with Crippen LogP contribution in [0.15, 0.2) is 17.5 Å². The van der Waals surface area contributed by atoms with Gasteiger partial charge in [-0.3, -0.25) is 5.32 Å². The summed E-state index contributed by atoms with van der Waals surface area (Å²) in [5.41, 5.74) is 0. The van der Waals surface area contributed by atoms with Crippen molar-refractivity contribution >= 4 is 34.8 Å². The number of nitrogens with one attached hydrogen (secondary N) is 2. The summed E-state index contributed by atoms with van der Waals surface area (Å²) in [6.07, 6.45) is -0.527. The molecule has 4 nitrogen and oxygen atoms in total. The predicted octanol–water partition coefficient (Wildman–Crippen LogP) is 1.87. The second kappa shape index (κ2) is 6.36. The number of thiocarbonyl (C=S) groups is 1. The third-order valence-corrected chi connectivity index (χ3v) is 2.62. The fraction of sp³-hybridized carbons (Fsp3) is 0.333. The van der Waals surface area contributed by atoms with E-state index in [9.17, 15) is 4.79 Å². The number of carbonyl (C=O) groups is 1. The molecule has 0 aliphatic heterocycles. The number of hydrogen-bond acceptors (Lipinski definition) is 4. The van der Waals surface area contributed by atoms with Gasteiger partial charge in [0, 0.05) is 4.88 Å². The Morgan fingerprint density at radius 3 is 3.07 bits per heavy atom. The molecule has 2 N–H and O–H groups in total. The largest absolute Gasteiger partial charge is 0.450 e. The van der Waals surface area contributed by atoms with Crippen molar-refractivity contribution in [3.8, 4) is 0 Å². The van der Waals surface area contributed by atoms with Crippen molar-refractivity contribution in [2.24, 2.45) is 0 Å². The molecule has 0 saturated heterocycles. The van der Waals surface area contributed by atoms with E-state index in [2.05, 4.69) is 15.4 Å². The number of ether oxygens (including phenoxy) is 1. The van der Waals surface area contributed by atoms with Gasteiger partial charge in [-0.15, -0.1) is 11.3 Å². The van der Waals surface area contributed by atoms with Gasteiger partial charge in [-0.25, -0.2) is 4.79 Å². The number of carbonyl (C=O) groups excluding carboxylic acids is 1. The quantitative estimate of drug-likeness (QED) is 0.797. The molecular formula is C9H12N2O2S2. The van der Waals surface area contributed by atoms with Crippen LogP contribution in [-0.2, 0) is 11.3 Å². The smallest absolute Gasteiger partial charge is 0.413 e. The summed E-state index contributed by atoms with van der Waals surface area (Å²) in [5, 5.41) is 7.58. The van der Waals surface area contributed by atoms with Gasteiger partial charge in [0.25, 0.3) is 0 Å². The molecule has 1 aromatic heterocycles. The predicted molar refractivity (Wildman–Crippen MR) is 63.9 cm³/mol. The molecule has 0 aliphatic rings. The summed E-state index contributed by atoms with van der Waals surface area (Å²) in [7, 11) is 0. The van der Waals surface area contributed by atoms with Crippen LogP contribution in [0.1, 0.15) is 11.8 Å². The number of thiophene rings is 1. The first kappa shape index (κ1) is 11.9. The van der Waals surface area contributed by atoms with E-state index in [1.54, 1.807) is 18.3 Å². The molecule has 1 aromatic rings. The third-order valence-electron chi connectivity index (χ3n) is 1.49. The molecule has 1 heterocycles. The van der Waals surface area contributed by atoms with E-state index in [1.165, 1.54) is 0 Å². The third kappa shape index (κ3) is 4.75. The summed E-state index contributed by atoms with van der Waals surface area (Å²) in [4.78, 5) is 12.1. The summed E-state index contributed by atoms with van der Waals surface area (Å²) in [5.74, 6) is 0. The molecule has 0 bridgehead atoms. The minimum Gasteiger partial charge on any atom is -0.450 e. The number of alkyl carbamates (subject to hydrolysis) is 1. The van der Waals surface area contributed by atoms with Crippen molar-refractivity contribution in [3.63, 3.8) is 0 Å². The normalized spacial score (nSPS) is 9.40. The van der Waals surface area contributed by atoms with Crippen molar-refractivity contribution in [2.75, 3.05) is 6.61 Å². The molecule has 1 amide bonds. The van der Waals surface area contributed by atoms with Crippen LogP contribution in [0.3, 0.4) is 0 Å². The second-order valence-corrected chi connectivity index (χ2v) is 4.05. The van der Waals surface area contributed by atoms with Crippen LogP contribution in [0.2, 0.25) is 0 Å². The Morgan fingerprint density at radius 1 is 1.67 bits per heavy atom. The molecule has 6 heteroatoms. The van der Waals surface area contributed by atoms with Gasteiger partial charge in [0.1, 0.15) is 0 Å². The topological polar surface area (TPSA) is 50.4 Å². The standard InChI is InChI=1S/C9H12N2O2S2/c1-2-13-9(12)11-8(14)10-6-7-4-3-5-15-7/h3-5H,2,6H2,1H3,(H2,10,11,12,14). The molecule has 0 unspecified atom stereocenters. The summed E-state index contributed by atoms with van der Waals surface area (Å²) in [6, 6.07) is 3.95. The van der Waals surface area contributed by atoms with Gasteiger partial charge in [0.05, 0.1) is 13.2 Å². The van der Waals surface area contributed by atoms with Crippen LogP contribution in [0.5, 0.6) is 0 Å². The van der Waals surface area contributed by atoms with Crippen LogP contribution in [0, 0.1) is 0 Å². The lowest BCUT2D eigenvalue weighted by Crippen LogP contribution is -2.39. The molecule has 0 fully saturated rings. The highest BCUT2D eigenvalue weighted by atomic mass is 32.1. The monoisotopic (exact) mass is 244 g/mol. The number of amides is 1. The zero-order valence-electron chi connectivity index (χ0n) is 8.28. The summed E-state index contributed by atoms with van der Waals surface area (Å²) < 4.78 is 4.67. The highest BCUT2D eigenvalue weighted by Crippen LogP contribution is 2.06. The van der Waals surface area contributed by atoms with Crippen LogP contribution >= 0.6 is 23.6 Å². The van der Waals surface area contributed by atoms with Gasteiger partial charge in [-0.1, -0.05) is 6.07 Å². The van der Waals surface area contributed by atoms with E-state index < -0.39 is 6.09 Å². The van der Waals surface area contributed by atoms with E-state index in [0.29, 0.717) is 13.2 Å². The van der Waals surface area contributed by atoms with Crippen molar-refractivity contribution in [2.45, 2.75) is 13.5 Å². The van der Waals surface area contributed by atoms with Crippen molar-refractivity contribution in [3.05, 3.63) is 22.4 Å². The van der Waals surface area contributed by atoms with Gasteiger partial charge in [-0.05, 0) is 30.6 Å². The molecule has 0 aromatic carbocycles. The van der Waals surface area contributed by atoms with Crippen LogP contribution < -0.4 is 10.6 Å². The van der Waals surface area contributed by atoms with Gasteiger partial charge in [-0.2, -0.15) is 0 Å². The minimum atomic E-state index is -0.527. The second-order valence-electron chi connectivity index (χ2n) is 2.61. The zero-order valence-corrected chi connectivity index (χ0v) is 9.91. The average molecular weight is 244 g/mol. The first-order valence-electron chi connectivity index (χ1n) is 4.46. The fourth-order valence-electron chi connectivity index (χ4n) is 0.885. The Kier molecular flexibility index (Phi) is 5.06. The zero-order chi connectivity index (χ0) is 11.1. The van der Waals surface area contributed by atoms with E-state index >= 15 is 0 Å². The highest BCUT2D eigenvalue weighted by molar-refractivity contribution is 7.80. The SMILES string of the molecule is CCOC(=O)NC(=S)NCc1cccs1. The van der Waals surface area contributed by atoms with Crippen LogP contribution in [0.25, 0.3) is 0 Å². The molecule has 1 rings (SSSR count). The first-order chi connectivity index (χ1) is 7.22. The first-order valence-corrected chi connectivity index (χ1v) is 5.75. The Balaban J connectivity index is 2.22. The molecule has 15 heavy (non-hydrogen) atoms. The average Bonchev–Trinajstić information content (AvgIpc) is 2.67. The lowest BCUT2D eigenvalue weighted by atomic mass is 10.5. The Bertz CT molecular complexity index is 325. The lowest BCUT2D eigenvalue weighted by Gasteiger charge is -2.07. The van der Waals surface area contributed by atoms with Crippen molar-refractivity contribution < 1.29 is 9.53 Å². The molecule has 0 aliphatic carbocycles. The number of hydrogen-bond donors (Lipinski definition) is 2. The summed E-state index contributed by atoms with van der Waals surface area (Å²) >= 11 is 6.53. The van der Waals surface area contributed by atoms with E-state index in [4.69, 9.17) is 12.2 Å². The van der Waals surface area contributed by atoms with Gasteiger partial charge >= 0.3 is 6.09 Å². The Labute approximate surface area is 97.6 Å². The maximum Gasteiger partial charge on any atom is 0.413 e. The van der Waals surface area contributed by atoms with Crippen LogP contribution in [-0.4, -0.2) is 17.8 Å². The van der Waals surface area contributed by atoms with Gasteiger partial charge < -0.3 is 10.1 Å². The van der Waals surface area contributed by atoms with Gasteiger partial charge in [0.2, 0.25) is 0 Å². The van der Waals surface area contributed by atoms with Gasteiger partial charge in [0.15, 0.2) is 5.11 Å².